The molecule has 2 nitrogen and oxygen atoms in total. The van der Waals surface area contributed by atoms with Crippen LogP contribution in [0.2, 0.25) is 0 Å². The van der Waals surface area contributed by atoms with Crippen LogP contribution in [0.1, 0.15) is 0 Å². The predicted molar refractivity (Wildman–Crippen MR) is 17.5 cm³/mol. The van der Waals surface area contributed by atoms with Crippen LogP contribution in [-0.2, 0) is 0 Å². The first kappa shape index (κ1) is 3.34. The lowest BCUT2D eigenvalue weighted by Gasteiger charge is -1.56. The topological polar surface area (TPSA) is 52.0 Å². The molecule has 2 heteroatoms. The van der Waals surface area contributed by atoms with Crippen LogP contribution in [0.15, 0.2) is 12.4 Å². The molecule has 0 spiro atoms. The highest BCUT2D eigenvalue weighted by Gasteiger charge is 1.30. The Bertz CT molecular complexity index is 19.2. The van der Waals surface area contributed by atoms with Gasteiger partial charge in [-0.1, -0.05) is 0 Å². The van der Waals surface area contributed by atoms with E-state index in [-0.39, 0.29) is 0 Å². The fourth-order valence-electron chi connectivity index (χ4n) is 0. The summed E-state index contributed by atoms with van der Waals surface area (Å²) >= 11 is 0. The van der Waals surface area contributed by atoms with Crippen molar-refractivity contribution < 1.29 is 0 Å². The molecule has 0 amide bonds. The number of rotatable bonds is 0. The van der Waals surface area contributed by atoms with Crippen LogP contribution in [0.25, 0.3) is 0 Å². The molecule has 0 aliphatic rings. The van der Waals surface area contributed by atoms with Crippen LogP contribution in [0, 0.1) is 0 Å². The Kier molecular flexibility index (Phi) is 1.95. The molecule has 0 rings (SSSR count). The van der Waals surface area contributed by atoms with Gasteiger partial charge in [0.25, 0.3) is 0 Å². The zero-order valence-electron chi connectivity index (χ0n) is 2.31. The van der Waals surface area contributed by atoms with E-state index < -0.39 is 0 Å². The summed E-state index contributed by atoms with van der Waals surface area (Å²) in [6.45, 7) is 0. The van der Waals surface area contributed by atoms with Crippen molar-refractivity contribution in [2.45, 2.75) is 0 Å². The summed E-state index contributed by atoms with van der Waals surface area (Å²) in [6, 6.07) is 0. The minimum atomic E-state index is 1.28. The van der Waals surface area contributed by atoms with Crippen molar-refractivity contribution in [1.82, 2.24) is 0 Å². The van der Waals surface area contributed by atoms with Crippen molar-refractivity contribution >= 4 is 0 Å². The minimum absolute atomic E-state index is 1.28. The summed E-state index contributed by atoms with van der Waals surface area (Å²) in [5, 5.41) is 0. The third-order valence-electron chi connectivity index (χ3n) is 0.111. The van der Waals surface area contributed by atoms with Gasteiger partial charge in [-0.2, -0.15) is 0 Å². The number of hydrogen-bond acceptors (Lipinski definition) is 2. The lowest BCUT2D eigenvalue weighted by atomic mass is 11.0. The average molecular weight is 58.1 g/mol. The maximum Gasteiger partial charge on any atom is 0.00957 e. The van der Waals surface area contributed by atoms with E-state index in [4.69, 9.17) is 11.5 Å². The van der Waals surface area contributed by atoms with Gasteiger partial charge in [0.15, 0.2) is 0 Å². The summed E-state index contributed by atoms with van der Waals surface area (Å²) in [7, 11) is 0. The molecule has 0 fully saturated rings. The van der Waals surface area contributed by atoms with Crippen LogP contribution in [0.3, 0.4) is 0 Å². The Labute approximate surface area is 25.1 Å². The van der Waals surface area contributed by atoms with Gasteiger partial charge in [-0.05, 0) is 0 Å². The van der Waals surface area contributed by atoms with Crippen molar-refractivity contribution in [2.75, 3.05) is 0 Å². The van der Waals surface area contributed by atoms with Crippen LogP contribution >= 0.6 is 0 Å². The molecule has 0 aromatic rings. The second-order valence-electron chi connectivity index (χ2n) is 0.385. The molecule has 0 saturated carbocycles. The van der Waals surface area contributed by atoms with E-state index >= 15 is 0 Å². The Morgan fingerprint density at radius 1 is 1.00 bits per heavy atom. The molecule has 0 aromatic carbocycles. The van der Waals surface area contributed by atoms with E-state index in [1.54, 1.807) is 0 Å². The summed E-state index contributed by atoms with van der Waals surface area (Å²) in [4.78, 5) is 0. The van der Waals surface area contributed by atoms with Crippen LogP contribution in [0.4, 0.5) is 0 Å². The Hall–Kier alpha value is -0.660. The van der Waals surface area contributed by atoms with Gasteiger partial charge in [0.1, 0.15) is 0 Å². The van der Waals surface area contributed by atoms with Crippen molar-refractivity contribution in [1.29, 1.82) is 0 Å². The van der Waals surface area contributed by atoms with E-state index in [1.165, 1.54) is 12.4 Å². The van der Waals surface area contributed by atoms with Gasteiger partial charge in [-0.3, -0.25) is 0 Å². The highest BCUT2D eigenvalue weighted by Crippen LogP contribution is 1.30. The van der Waals surface area contributed by atoms with Gasteiger partial charge < -0.3 is 11.5 Å². The second kappa shape index (κ2) is 2.34. The van der Waals surface area contributed by atoms with Gasteiger partial charge in [0.2, 0.25) is 0 Å². The molecule has 0 unspecified atom stereocenters. The zero-order valence-corrected chi connectivity index (χ0v) is 2.31. The van der Waals surface area contributed by atoms with Gasteiger partial charge in [0.05, 0.1) is 0 Å². The first-order chi connectivity index (χ1) is 1.91. The van der Waals surface area contributed by atoms with E-state index in [1.807, 2.05) is 0 Å². The standard InChI is InChI=1S/C2H6N2/c3-1-2-4/h1-2H,3-4H2/b2-1+. The van der Waals surface area contributed by atoms with Gasteiger partial charge in [-0.15, -0.1) is 0 Å². The smallest absolute Gasteiger partial charge is 0.00957 e. The Balaban J connectivity index is 2.55. The Morgan fingerprint density at radius 3 is 1.25 bits per heavy atom. The molecular formula is C2H6N2. The third-order valence-corrected chi connectivity index (χ3v) is 0.111. The van der Waals surface area contributed by atoms with Gasteiger partial charge >= 0.3 is 0 Å². The molecular weight excluding hydrogens is 52.0 g/mol. The molecule has 24 valence electrons. The lowest BCUT2D eigenvalue weighted by molar-refractivity contribution is 1.50. The quantitative estimate of drug-likeness (QED) is 0.390. The lowest BCUT2D eigenvalue weighted by Crippen LogP contribution is -1.81. The van der Waals surface area contributed by atoms with Crippen molar-refractivity contribution in [2.24, 2.45) is 11.5 Å². The molecule has 0 atom stereocenters. The fourth-order valence-corrected chi connectivity index (χ4v) is 0. The van der Waals surface area contributed by atoms with Gasteiger partial charge in [0, 0.05) is 12.4 Å². The second-order valence-corrected chi connectivity index (χ2v) is 0.385. The van der Waals surface area contributed by atoms with Gasteiger partial charge in [-0.25, -0.2) is 0 Å². The van der Waals surface area contributed by atoms with E-state index in [0.29, 0.717) is 0 Å². The minimum Gasteiger partial charge on any atom is -0.403 e. The van der Waals surface area contributed by atoms with Crippen LogP contribution < -0.4 is 11.5 Å². The molecule has 4 heavy (non-hydrogen) atoms. The molecule has 0 radical (unpaired) electrons. The molecule has 0 saturated heterocycles. The molecule has 0 aliphatic carbocycles. The largest absolute Gasteiger partial charge is 0.403 e. The first-order valence-corrected chi connectivity index (χ1v) is 1.00. The maximum atomic E-state index is 4.72. The maximum absolute atomic E-state index is 4.72. The van der Waals surface area contributed by atoms with Crippen molar-refractivity contribution in [3.63, 3.8) is 0 Å². The monoisotopic (exact) mass is 58.1 g/mol. The highest BCUT2D eigenvalue weighted by atomic mass is 14.6. The summed E-state index contributed by atoms with van der Waals surface area (Å²) < 4.78 is 0. The first-order valence-electron chi connectivity index (χ1n) is 1.00. The zero-order chi connectivity index (χ0) is 3.41. The fraction of sp³-hybridized carbons (Fsp3) is 0. The van der Waals surface area contributed by atoms with Crippen molar-refractivity contribution in [3.8, 4) is 0 Å². The Morgan fingerprint density at radius 2 is 1.25 bits per heavy atom. The normalized spacial score (nSPS) is 9.00. The average Bonchev–Trinajstić information content (AvgIpc) is 1.37. The highest BCUT2D eigenvalue weighted by molar-refractivity contribution is 4.64. The van der Waals surface area contributed by atoms with Crippen molar-refractivity contribution in [3.05, 3.63) is 12.4 Å². The molecule has 0 aromatic heterocycles. The van der Waals surface area contributed by atoms with Crippen LogP contribution in [-0.4, -0.2) is 0 Å². The van der Waals surface area contributed by atoms with E-state index in [0.717, 1.165) is 0 Å². The molecule has 0 aliphatic heterocycles. The summed E-state index contributed by atoms with van der Waals surface area (Å²) in [6.07, 6.45) is 2.56. The molecule has 0 heterocycles. The number of nitrogens with two attached hydrogens (primary N) is 2. The number of hydrogen-bond donors (Lipinski definition) is 2. The summed E-state index contributed by atoms with van der Waals surface area (Å²) in [5.74, 6) is 0. The predicted octanol–water partition coefficient (Wildman–Crippen LogP) is -0.625. The third kappa shape index (κ3) is 1.34. The molecule has 0 bridgehead atoms. The van der Waals surface area contributed by atoms with E-state index in [9.17, 15) is 0 Å². The SMILES string of the molecule is N/C=C/N. The molecule has 4 N–H and O–H groups in total. The van der Waals surface area contributed by atoms with E-state index in [2.05, 4.69) is 0 Å². The van der Waals surface area contributed by atoms with Crippen LogP contribution in [0.5, 0.6) is 0 Å². The summed E-state index contributed by atoms with van der Waals surface area (Å²) in [5.41, 5.74) is 9.44.